The second-order valence-electron chi connectivity index (χ2n) is 9.07. The number of fused-ring (bicyclic) bond motifs is 1. The zero-order valence-electron chi connectivity index (χ0n) is 21.4. The van der Waals surface area contributed by atoms with E-state index in [2.05, 4.69) is 0 Å². The molecule has 0 fully saturated rings. The molecule has 0 unspecified atom stereocenters. The van der Waals surface area contributed by atoms with Crippen molar-refractivity contribution in [3.8, 4) is 5.75 Å². The molecular formula is C29H29ClN2O6. The van der Waals surface area contributed by atoms with Gasteiger partial charge in [-0.1, -0.05) is 18.0 Å². The highest BCUT2D eigenvalue weighted by Crippen LogP contribution is 2.31. The number of rotatable bonds is 11. The number of carbonyl (C=O) groups excluding carboxylic acids is 4. The number of ether oxygens (including phenoxy) is 2. The molecule has 0 saturated heterocycles. The van der Waals surface area contributed by atoms with Crippen LogP contribution in [0.25, 0.3) is 10.9 Å². The van der Waals surface area contributed by atoms with Crippen molar-refractivity contribution in [2.45, 2.75) is 39.0 Å². The summed E-state index contributed by atoms with van der Waals surface area (Å²) in [7, 11) is 1.57. The molecule has 38 heavy (non-hydrogen) atoms. The van der Waals surface area contributed by atoms with E-state index in [-0.39, 0.29) is 36.7 Å². The number of halogens is 1. The molecule has 0 bridgehead atoms. The Morgan fingerprint density at radius 3 is 2.29 bits per heavy atom. The Hall–Kier alpha value is -3.91. The summed E-state index contributed by atoms with van der Waals surface area (Å²) < 4.78 is 12.5. The first-order valence-electron chi connectivity index (χ1n) is 12.5. The molecule has 1 aliphatic heterocycles. The van der Waals surface area contributed by atoms with Gasteiger partial charge in [-0.25, -0.2) is 0 Å². The number of carbonyl (C=O) groups is 4. The number of benzene rings is 2. The number of amides is 2. The Kier molecular flexibility index (Phi) is 8.63. The quantitative estimate of drug-likeness (QED) is 0.197. The van der Waals surface area contributed by atoms with Gasteiger partial charge >= 0.3 is 5.97 Å². The van der Waals surface area contributed by atoms with Gasteiger partial charge in [-0.3, -0.25) is 28.6 Å². The highest BCUT2D eigenvalue weighted by Gasteiger charge is 2.23. The van der Waals surface area contributed by atoms with Crippen LogP contribution in [0.15, 0.2) is 54.6 Å². The minimum atomic E-state index is -0.381. The van der Waals surface area contributed by atoms with Crippen LogP contribution in [-0.4, -0.2) is 53.4 Å². The molecule has 0 atom stereocenters. The fourth-order valence-corrected chi connectivity index (χ4v) is 4.68. The van der Waals surface area contributed by atoms with Crippen LogP contribution in [0.1, 0.15) is 47.3 Å². The van der Waals surface area contributed by atoms with E-state index in [4.69, 9.17) is 21.1 Å². The Labute approximate surface area is 225 Å². The second-order valence-corrected chi connectivity index (χ2v) is 9.50. The van der Waals surface area contributed by atoms with Crippen molar-refractivity contribution in [1.82, 2.24) is 9.47 Å². The van der Waals surface area contributed by atoms with Gasteiger partial charge < -0.3 is 9.47 Å². The topological polar surface area (TPSA) is 94.9 Å². The number of nitrogens with zero attached hydrogens (tertiary/aromatic N) is 2. The third-order valence-corrected chi connectivity index (χ3v) is 6.85. The lowest BCUT2D eigenvalue weighted by atomic mass is 10.1. The number of hydrogen-bond acceptors (Lipinski definition) is 6. The summed E-state index contributed by atoms with van der Waals surface area (Å²) in [5.41, 5.74) is 2.52. The third-order valence-electron chi connectivity index (χ3n) is 6.60. The first-order valence-corrected chi connectivity index (χ1v) is 12.9. The lowest BCUT2D eigenvalue weighted by molar-refractivity contribution is -0.143. The fourth-order valence-electron chi connectivity index (χ4n) is 4.55. The molecule has 2 aromatic carbocycles. The van der Waals surface area contributed by atoms with Gasteiger partial charge in [0.25, 0.3) is 17.7 Å². The van der Waals surface area contributed by atoms with E-state index >= 15 is 0 Å². The van der Waals surface area contributed by atoms with Crippen molar-refractivity contribution in [3.63, 3.8) is 0 Å². The van der Waals surface area contributed by atoms with E-state index in [1.807, 2.05) is 19.1 Å². The van der Waals surface area contributed by atoms with Crippen molar-refractivity contribution in [2.75, 3.05) is 20.3 Å². The number of aromatic nitrogens is 1. The summed E-state index contributed by atoms with van der Waals surface area (Å²) in [5.74, 6) is -0.521. The van der Waals surface area contributed by atoms with Gasteiger partial charge in [-0.05, 0) is 74.2 Å². The van der Waals surface area contributed by atoms with Crippen LogP contribution < -0.4 is 4.74 Å². The summed E-state index contributed by atoms with van der Waals surface area (Å²) >= 11 is 5.99. The largest absolute Gasteiger partial charge is 0.497 e. The molecular weight excluding hydrogens is 508 g/mol. The molecule has 4 rings (SSSR count). The summed E-state index contributed by atoms with van der Waals surface area (Å²) in [6.07, 6.45) is 5.58. The first kappa shape index (κ1) is 27.1. The van der Waals surface area contributed by atoms with Crippen LogP contribution >= 0.6 is 11.6 Å². The minimum Gasteiger partial charge on any atom is -0.497 e. The molecule has 0 N–H and O–H groups in total. The lowest BCUT2D eigenvalue weighted by Crippen LogP contribution is -2.30. The predicted octanol–water partition coefficient (Wildman–Crippen LogP) is 4.87. The number of unbranched alkanes of at least 4 members (excludes halogenated alkanes) is 3. The molecule has 198 valence electrons. The van der Waals surface area contributed by atoms with Crippen molar-refractivity contribution in [1.29, 1.82) is 0 Å². The Balaban J connectivity index is 1.37. The van der Waals surface area contributed by atoms with Crippen LogP contribution in [0.3, 0.4) is 0 Å². The summed E-state index contributed by atoms with van der Waals surface area (Å²) in [6.45, 7) is 2.48. The van der Waals surface area contributed by atoms with Gasteiger partial charge in [0.1, 0.15) is 5.75 Å². The molecule has 3 aromatic rings. The predicted molar refractivity (Wildman–Crippen MR) is 143 cm³/mol. The molecule has 1 aliphatic rings. The average Bonchev–Trinajstić information content (AvgIpc) is 3.37. The fraction of sp³-hybridized carbons (Fsp3) is 0.310. The Morgan fingerprint density at radius 2 is 1.61 bits per heavy atom. The van der Waals surface area contributed by atoms with Crippen LogP contribution in [0.4, 0.5) is 0 Å². The zero-order chi connectivity index (χ0) is 27.2. The molecule has 0 radical (unpaired) electrons. The van der Waals surface area contributed by atoms with Crippen LogP contribution in [0, 0.1) is 6.92 Å². The molecule has 0 spiro atoms. The lowest BCUT2D eigenvalue weighted by Gasteiger charge is -2.13. The van der Waals surface area contributed by atoms with E-state index in [1.54, 1.807) is 42.0 Å². The van der Waals surface area contributed by atoms with Crippen molar-refractivity contribution in [3.05, 3.63) is 76.5 Å². The first-order chi connectivity index (χ1) is 18.3. The Bertz CT molecular complexity index is 1390. The van der Waals surface area contributed by atoms with E-state index < -0.39 is 0 Å². The maximum Gasteiger partial charge on any atom is 0.310 e. The number of hydrogen-bond donors (Lipinski definition) is 0. The van der Waals surface area contributed by atoms with Crippen molar-refractivity contribution >= 4 is 46.2 Å². The summed E-state index contributed by atoms with van der Waals surface area (Å²) in [4.78, 5) is 50.5. The van der Waals surface area contributed by atoms with Crippen molar-refractivity contribution in [2.24, 2.45) is 0 Å². The van der Waals surface area contributed by atoms with Crippen LogP contribution in [0.2, 0.25) is 5.02 Å². The van der Waals surface area contributed by atoms with Crippen molar-refractivity contribution < 1.29 is 28.7 Å². The highest BCUT2D eigenvalue weighted by atomic mass is 35.5. The third kappa shape index (κ3) is 5.97. The van der Waals surface area contributed by atoms with Gasteiger partial charge in [0.05, 0.1) is 25.7 Å². The maximum atomic E-state index is 13.4. The van der Waals surface area contributed by atoms with E-state index in [0.29, 0.717) is 52.5 Å². The molecule has 1 aromatic heterocycles. The molecule has 9 heteroatoms. The second kappa shape index (κ2) is 12.1. The molecule has 8 nitrogen and oxygen atoms in total. The zero-order valence-corrected chi connectivity index (χ0v) is 22.1. The van der Waals surface area contributed by atoms with Crippen LogP contribution in [0.5, 0.6) is 5.75 Å². The molecule has 2 heterocycles. The van der Waals surface area contributed by atoms with E-state index in [1.165, 1.54) is 17.1 Å². The van der Waals surface area contributed by atoms with Gasteiger partial charge in [-0.15, -0.1) is 0 Å². The normalized spacial score (nSPS) is 13.0. The molecule has 2 amide bonds. The number of imide groups is 1. The van der Waals surface area contributed by atoms with E-state index in [9.17, 15) is 19.2 Å². The van der Waals surface area contributed by atoms with Gasteiger partial charge in [0.15, 0.2) is 0 Å². The standard InChI is InChI=1S/C29H29ClN2O6/c1-19-23(18-28(35)38-16-6-4-3-5-15-31-26(33)13-14-27(31)34)24-17-22(37-2)11-12-25(24)32(19)29(36)20-7-9-21(30)10-8-20/h7-14,17H,3-6,15-16,18H2,1-2H3. The number of esters is 1. The van der Waals surface area contributed by atoms with E-state index in [0.717, 1.165) is 18.2 Å². The smallest absolute Gasteiger partial charge is 0.310 e. The van der Waals surface area contributed by atoms with Crippen LogP contribution in [-0.2, 0) is 25.5 Å². The van der Waals surface area contributed by atoms with Gasteiger partial charge in [0, 0.05) is 40.4 Å². The molecule has 0 saturated carbocycles. The van der Waals surface area contributed by atoms with Gasteiger partial charge in [0.2, 0.25) is 0 Å². The summed E-state index contributed by atoms with van der Waals surface area (Å²) in [6, 6.07) is 12.1. The average molecular weight is 537 g/mol. The maximum absolute atomic E-state index is 13.4. The number of methoxy groups -OCH3 is 1. The SMILES string of the molecule is COc1ccc2c(c1)c(CC(=O)OCCCCCCN1C(=O)C=CC1=O)c(C)n2C(=O)c1ccc(Cl)cc1. The monoisotopic (exact) mass is 536 g/mol. The van der Waals surface area contributed by atoms with Gasteiger partial charge in [-0.2, -0.15) is 0 Å². The minimum absolute atomic E-state index is 0.0165. The Morgan fingerprint density at radius 1 is 0.921 bits per heavy atom. The highest BCUT2D eigenvalue weighted by molar-refractivity contribution is 6.30. The molecule has 0 aliphatic carbocycles. The summed E-state index contributed by atoms with van der Waals surface area (Å²) in [5, 5.41) is 1.29.